The molecule has 0 aliphatic carbocycles. The fourth-order valence-corrected chi connectivity index (χ4v) is 3.10. The van der Waals surface area contributed by atoms with Gasteiger partial charge in [0.1, 0.15) is 5.75 Å². The highest BCUT2D eigenvalue weighted by Gasteiger charge is 2.16. The quantitative estimate of drug-likeness (QED) is 0.537. The van der Waals surface area contributed by atoms with E-state index >= 15 is 0 Å². The molecule has 8 heteroatoms. The summed E-state index contributed by atoms with van der Waals surface area (Å²) in [5, 5.41) is 20.5. The van der Waals surface area contributed by atoms with E-state index in [0.717, 1.165) is 23.7 Å². The van der Waals surface area contributed by atoms with E-state index in [9.17, 15) is 4.79 Å². The van der Waals surface area contributed by atoms with E-state index in [0.29, 0.717) is 24.0 Å². The second-order valence-electron chi connectivity index (χ2n) is 6.09. The highest BCUT2D eigenvalue weighted by molar-refractivity contribution is 7.99. The number of nitrogens with zero attached hydrogens (tertiary/aromatic N) is 4. The van der Waals surface area contributed by atoms with Crippen molar-refractivity contribution in [2.24, 2.45) is 5.92 Å². The molecule has 0 spiro atoms. The van der Waals surface area contributed by atoms with Crippen LogP contribution in [0.25, 0.3) is 11.4 Å². The van der Waals surface area contributed by atoms with Crippen molar-refractivity contribution in [3.05, 3.63) is 24.3 Å². The Kier molecular flexibility index (Phi) is 7.48. The molecule has 0 unspecified atom stereocenters. The molecule has 1 amide bonds. The van der Waals surface area contributed by atoms with Gasteiger partial charge in [0.25, 0.3) is 0 Å². The molecule has 0 aliphatic rings. The monoisotopic (exact) mass is 373 g/mol. The third-order valence-electron chi connectivity index (χ3n) is 3.50. The summed E-state index contributed by atoms with van der Waals surface area (Å²) >= 11 is 1.35. The van der Waals surface area contributed by atoms with Crippen LogP contribution in [0.15, 0.2) is 29.4 Å². The van der Waals surface area contributed by atoms with Gasteiger partial charge in [0.2, 0.25) is 5.91 Å². The minimum atomic E-state index is -0.115. The van der Waals surface area contributed by atoms with Gasteiger partial charge in [-0.1, -0.05) is 25.6 Å². The van der Waals surface area contributed by atoms with Gasteiger partial charge in [-0.05, 0) is 30.2 Å². The predicted molar refractivity (Wildman–Crippen MR) is 101 cm³/mol. The number of carbonyl (C=O) groups is 1. The molecule has 0 radical (unpaired) electrons. The van der Waals surface area contributed by atoms with Crippen molar-refractivity contribution in [1.82, 2.24) is 20.1 Å². The molecule has 1 heterocycles. The highest BCUT2D eigenvalue weighted by Crippen LogP contribution is 2.26. The number of hydrogen-bond acceptors (Lipinski definition) is 6. The lowest BCUT2D eigenvalue weighted by atomic mass is 10.2. The van der Waals surface area contributed by atoms with E-state index in [1.807, 2.05) is 34.9 Å². The van der Waals surface area contributed by atoms with E-state index in [1.165, 1.54) is 11.8 Å². The number of carbonyl (C=O) groups excluding carboxylic acids is 1. The van der Waals surface area contributed by atoms with E-state index in [2.05, 4.69) is 29.4 Å². The number of nitriles is 1. The molecule has 0 atom stereocenters. The number of methoxy groups -OCH3 is 1. The number of benzene rings is 1. The minimum absolute atomic E-state index is 0.115. The van der Waals surface area contributed by atoms with Crippen molar-refractivity contribution in [2.45, 2.75) is 32.0 Å². The summed E-state index contributed by atoms with van der Waals surface area (Å²) in [6, 6.07) is 9.67. The first-order chi connectivity index (χ1) is 12.5. The van der Waals surface area contributed by atoms with Gasteiger partial charge in [-0.3, -0.25) is 4.79 Å². The van der Waals surface area contributed by atoms with Crippen molar-refractivity contribution < 1.29 is 9.53 Å². The lowest BCUT2D eigenvalue weighted by Crippen LogP contribution is -2.26. The molecule has 1 aromatic carbocycles. The van der Waals surface area contributed by atoms with Gasteiger partial charge >= 0.3 is 0 Å². The SMILES string of the molecule is COc1ccc(-c2nnc(SCC(=O)NCCC#N)n2CC(C)C)cc1. The molecular weight excluding hydrogens is 350 g/mol. The van der Waals surface area contributed by atoms with E-state index in [-0.39, 0.29) is 11.7 Å². The first-order valence-corrected chi connectivity index (χ1v) is 9.37. The third kappa shape index (κ3) is 5.49. The second kappa shape index (κ2) is 9.82. The Hall–Kier alpha value is -2.53. The topological polar surface area (TPSA) is 92.8 Å². The van der Waals surface area contributed by atoms with Gasteiger partial charge < -0.3 is 14.6 Å². The van der Waals surface area contributed by atoms with Crippen LogP contribution in [0.5, 0.6) is 5.75 Å². The second-order valence-corrected chi connectivity index (χ2v) is 7.03. The zero-order valence-corrected chi connectivity index (χ0v) is 16.0. The lowest BCUT2D eigenvalue weighted by Gasteiger charge is -2.12. The number of hydrogen-bond donors (Lipinski definition) is 1. The van der Waals surface area contributed by atoms with Crippen LogP contribution in [0.4, 0.5) is 0 Å². The first kappa shape index (κ1) is 19.8. The first-order valence-electron chi connectivity index (χ1n) is 8.39. The molecule has 7 nitrogen and oxygen atoms in total. The fraction of sp³-hybridized carbons (Fsp3) is 0.444. The molecule has 26 heavy (non-hydrogen) atoms. The summed E-state index contributed by atoms with van der Waals surface area (Å²) in [6.07, 6.45) is 0.307. The largest absolute Gasteiger partial charge is 0.497 e. The maximum Gasteiger partial charge on any atom is 0.230 e. The van der Waals surface area contributed by atoms with Gasteiger partial charge in [0.15, 0.2) is 11.0 Å². The Labute approximate surface area is 157 Å². The van der Waals surface area contributed by atoms with Crippen LogP contribution in [0.3, 0.4) is 0 Å². The number of ether oxygens (including phenoxy) is 1. The van der Waals surface area contributed by atoms with Crippen LogP contribution in [0, 0.1) is 17.2 Å². The maximum atomic E-state index is 11.9. The molecule has 2 aromatic rings. The van der Waals surface area contributed by atoms with Gasteiger partial charge in [-0.15, -0.1) is 10.2 Å². The molecule has 138 valence electrons. The predicted octanol–water partition coefficient (Wildman–Crippen LogP) is 2.73. The summed E-state index contributed by atoms with van der Waals surface area (Å²) in [5.74, 6) is 2.09. The zero-order valence-electron chi connectivity index (χ0n) is 15.2. The number of rotatable bonds is 9. The van der Waals surface area contributed by atoms with E-state index in [4.69, 9.17) is 10.00 Å². The summed E-state index contributed by atoms with van der Waals surface area (Å²) in [7, 11) is 1.63. The Morgan fingerprint density at radius 1 is 1.35 bits per heavy atom. The number of nitrogens with one attached hydrogen (secondary N) is 1. The third-order valence-corrected chi connectivity index (χ3v) is 4.47. The standard InChI is InChI=1S/C18H23N5O2S/c1-13(2)11-23-17(14-5-7-15(25-3)8-6-14)21-22-18(23)26-12-16(24)20-10-4-9-19/h5-8,13H,4,10-12H2,1-3H3,(H,20,24). The Bertz CT molecular complexity index is 765. The molecule has 2 rings (SSSR count). The summed E-state index contributed by atoms with van der Waals surface area (Å²) in [6.45, 7) is 5.38. The molecule has 1 N–H and O–H groups in total. The van der Waals surface area contributed by atoms with Gasteiger partial charge in [0.05, 0.1) is 25.4 Å². The lowest BCUT2D eigenvalue weighted by molar-refractivity contribution is -0.118. The van der Waals surface area contributed by atoms with Crippen LogP contribution in [0.2, 0.25) is 0 Å². The van der Waals surface area contributed by atoms with Crippen LogP contribution in [0.1, 0.15) is 20.3 Å². The van der Waals surface area contributed by atoms with Crippen LogP contribution < -0.4 is 10.1 Å². The average molecular weight is 373 g/mol. The molecule has 0 fully saturated rings. The van der Waals surface area contributed by atoms with Gasteiger partial charge in [-0.2, -0.15) is 5.26 Å². The van der Waals surface area contributed by atoms with Crippen molar-refractivity contribution in [2.75, 3.05) is 19.4 Å². The molecule has 1 aromatic heterocycles. The fourth-order valence-electron chi connectivity index (χ4n) is 2.32. The van der Waals surface area contributed by atoms with Crippen LogP contribution in [-0.2, 0) is 11.3 Å². The zero-order chi connectivity index (χ0) is 18.9. The Balaban J connectivity index is 2.15. The maximum absolute atomic E-state index is 11.9. The Morgan fingerprint density at radius 3 is 2.69 bits per heavy atom. The molecule has 0 saturated carbocycles. The normalized spacial score (nSPS) is 10.6. The van der Waals surface area contributed by atoms with E-state index in [1.54, 1.807) is 7.11 Å². The minimum Gasteiger partial charge on any atom is -0.497 e. The van der Waals surface area contributed by atoms with Crippen LogP contribution in [-0.4, -0.2) is 40.1 Å². The van der Waals surface area contributed by atoms with Crippen LogP contribution >= 0.6 is 11.8 Å². The number of thioether (sulfide) groups is 1. The summed E-state index contributed by atoms with van der Waals surface area (Å²) < 4.78 is 7.24. The highest BCUT2D eigenvalue weighted by atomic mass is 32.2. The number of aromatic nitrogens is 3. The van der Waals surface area contributed by atoms with Crippen molar-refractivity contribution >= 4 is 17.7 Å². The smallest absolute Gasteiger partial charge is 0.230 e. The molecule has 0 saturated heterocycles. The van der Waals surface area contributed by atoms with Crippen molar-refractivity contribution in [3.8, 4) is 23.2 Å². The molecule has 0 aliphatic heterocycles. The van der Waals surface area contributed by atoms with Crippen molar-refractivity contribution in [3.63, 3.8) is 0 Å². The van der Waals surface area contributed by atoms with Gasteiger partial charge in [-0.25, -0.2) is 0 Å². The van der Waals surface area contributed by atoms with Crippen molar-refractivity contribution in [1.29, 1.82) is 5.26 Å². The number of amides is 1. The summed E-state index contributed by atoms with van der Waals surface area (Å²) in [4.78, 5) is 11.9. The summed E-state index contributed by atoms with van der Waals surface area (Å²) in [5.41, 5.74) is 0.948. The Morgan fingerprint density at radius 2 is 2.08 bits per heavy atom. The molecule has 0 bridgehead atoms. The molecular formula is C18H23N5O2S. The van der Waals surface area contributed by atoms with Gasteiger partial charge in [0, 0.05) is 18.7 Å². The van der Waals surface area contributed by atoms with E-state index < -0.39 is 0 Å². The average Bonchev–Trinajstić information content (AvgIpc) is 3.02.